The van der Waals surface area contributed by atoms with Crippen LogP contribution >= 0.6 is 0 Å². The summed E-state index contributed by atoms with van der Waals surface area (Å²) < 4.78 is 57.4. The van der Waals surface area contributed by atoms with Crippen LogP contribution in [0.2, 0.25) is 0 Å². The Kier molecular flexibility index (Phi) is 5.92. The second-order valence-electron chi connectivity index (χ2n) is 7.56. The van der Waals surface area contributed by atoms with Gasteiger partial charge < -0.3 is 15.8 Å². The average molecular weight is 447 g/mol. The van der Waals surface area contributed by atoms with Crippen molar-refractivity contribution in [2.75, 3.05) is 13.1 Å². The first-order valence-corrected chi connectivity index (χ1v) is 10.1. The number of carbonyl (C=O) groups is 1. The summed E-state index contributed by atoms with van der Waals surface area (Å²) in [5, 5.41) is 2.85. The molecule has 32 heavy (non-hydrogen) atoms. The molecular formula is C23H21F4N3O2. The van der Waals surface area contributed by atoms with Crippen molar-refractivity contribution in [2.45, 2.75) is 25.1 Å². The van der Waals surface area contributed by atoms with E-state index in [1.807, 2.05) is 6.07 Å². The molecule has 1 atom stereocenters. The molecule has 0 aliphatic carbocycles. The fourth-order valence-corrected chi connectivity index (χ4v) is 4.03. The zero-order valence-corrected chi connectivity index (χ0v) is 17.0. The molecule has 1 aliphatic rings. The third-order valence-electron chi connectivity index (χ3n) is 5.40. The third kappa shape index (κ3) is 4.47. The Labute approximate surface area is 181 Å². The fraction of sp³-hybridized carbons (Fsp3) is 0.261. The van der Waals surface area contributed by atoms with Gasteiger partial charge in [-0.2, -0.15) is 0 Å². The molecule has 168 valence electrons. The molecule has 1 amide bonds. The molecule has 2 aromatic carbocycles. The Balaban J connectivity index is 1.90. The minimum absolute atomic E-state index is 0.0150. The molecule has 4 rings (SSSR count). The van der Waals surface area contributed by atoms with Gasteiger partial charge >= 0.3 is 12.4 Å². The van der Waals surface area contributed by atoms with E-state index in [0.717, 1.165) is 18.5 Å². The smallest absolute Gasteiger partial charge is 0.406 e. The summed E-state index contributed by atoms with van der Waals surface area (Å²) in [7, 11) is 0. The summed E-state index contributed by atoms with van der Waals surface area (Å²) in [5.41, 5.74) is 8.41. The van der Waals surface area contributed by atoms with Crippen molar-refractivity contribution in [2.24, 2.45) is 5.73 Å². The lowest BCUT2D eigenvalue weighted by molar-refractivity contribution is -0.274. The quantitative estimate of drug-likeness (QED) is 0.507. The number of amides is 1. The number of rotatable bonds is 6. The van der Waals surface area contributed by atoms with Gasteiger partial charge in [0.2, 0.25) is 0 Å². The fourth-order valence-electron chi connectivity index (χ4n) is 4.03. The van der Waals surface area contributed by atoms with E-state index in [-0.39, 0.29) is 11.9 Å². The SMILES string of the molecule is NCCC[C@H]1CNC(=O)n2c1cc(-c1ccc(F)cc1)c2-c1cccc(OC(F)(F)F)c1. The molecule has 9 heteroatoms. The second kappa shape index (κ2) is 8.66. The number of benzene rings is 2. The molecule has 0 bridgehead atoms. The van der Waals surface area contributed by atoms with E-state index in [4.69, 9.17) is 5.73 Å². The molecule has 2 heterocycles. The molecule has 0 saturated heterocycles. The number of fused-ring (bicyclic) bond motifs is 1. The number of hydrogen-bond acceptors (Lipinski definition) is 3. The van der Waals surface area contributed by atoms with E-state index in [1.54, 1.807) is 18.2 Å². The Hall–Kier alpha value is -3.33. The Morgan fingerprint density at radius 1 is 1.09 bits per heavy atom. The van der Waals surface area contributed by atoms with Gasteiger partial charge in [0.15, 0.2) is 0 Å². The van der Waals surface area contributed by atoms with Crippen molar-refractivity contribution in [3.05, 3.63) is 66.1 Å². The normalized spacial score (nSPS) is 15.9. The molecule has 3 aromatic rings. The van der Waals surface area contributed by atoms with Gasteiger partial charge in [-0.05, 0) is 55.3 Å². The van der Waals surface area contributed by atoms with Gasteiger partial charge in [-0.3, -0.25) is 4.57 Å². The standard InChI is InChI=1S/C23H21F4N3O2/c24-17-8-6-14(7-9-17)19-12-20-16(4-2-10-28)13-29-22(31)30(20)21(19)15-3-1-5-18(11-15)32-23(25,26)27/h1,3,5-9,11-12,16H,2,4,10,13,28H2,(H,29,31)/t16-/m0/s1. The highest BCUT2D eigenvalue weighted by molar-refractivity contribution is 5.93. The molecular weight excluding hydrogens is 426 g/mol. The summed E-state index contributed by atoms with van der Waals surface area (Å²) in [5.74, 6) is -0.830. The van der Waals surface area contributed by atoms with Crippen LogP contribution in [-0.4, -0.2) is 30.1 Å². The van der Waals surface area contributed by atoms with E-state index in [9.17, 15) is 22.4 Å². The summed E-state index contributed by atoms with van der Waals surface area (Å²) in [4.78, 5) is 12.9. The van der Waals surface area contributed by atoms with Crippen LogP contribution in [0.25, 0.3) is 22.4 Å². The monoisotopic (exact) mass is 447 g/mol. The Bertz CT molecular complexity index is 1120. The number of alkyl halides is 3. The highest BCUT2D eigenvalue weighted by Crippen LogP contribution is 2.41. The van der Waals surface area contributed by atoms with Gasteiger partial charge in [0.1, 0.15) is 11.6 Å². The molecule has 0 unspecified atom stereocenters. The van der Waals surface area contributed by atoms with E-state index in [0.29, 0.717) is 35.5 Å². The number of ether oxygens (including phenoxy) is 1. The van der Waals surface area contributed by atoms with Gasteiger partial charge in [-0.25, -0.2) is 9.18 Å². The summed E-state index contributed by atoms with van der Waals surface area (Å²) >= 11 is 0. The predicted octanol–water partition coefficient (Wildman–Crippen LogP) is 5.25. The highest BCUT2D eigenvalue weighted by atomic mass is 19.4. The molecule has 0 spiro atoms. The van der Waals surface area contributed by atoms with Gasteiger partial charge in [-0.1, -0.05) is 24.3 Å². The van der Waals surface area contributed by atoms with E-state index >= 15 is 0 Å². The first-order chi connectivity index (χ1) is 15.3. The van der Waals surface area contributed by atoms with Crippen molar-refractivity contribution in [3.8, 4) is 28.1 Å². The largest absolute Gasteiger partial charge is 0.573 e. The van der Waals surface area contributed by atoms with Crippen LogP contribution < -0.4 is 15.8 Å². The van der Waals surface area contributed by atoms with Crippen molar-refractivity contribution in [1.29, 1.82) is 0 Å². The number of nitrogens with two attached hydrogens (primary N) is 1. The number of nitrogens with one attached hydrogen (secondary N) is 1. The van der Waals surface area contributed by atoms with Crippen LogP contribution in [-0.2, 0) is 0 Å². The molecule has 0 fully saturated rings. The first-order valence-electron chi connectivity index (χ1n) is 10.1. The predicted molar refractivity (Wildman–Crippen MR) is 112 cm³/mol. The maximum atomic E-state index is 13.5. The van der Waals surface area contributed by atoms with Crippen molar-refractivity contribution < 1.29 is 27.1 Å². The van der Waals surface area contributed by atoms with E-state index in [1.165, 1.54) is 34.9 Å². The van der Waals surface area contributed by atoms with Crippen LogP contribution in [0.3, 0.4) is 0 Å². The van der Waals surface area contributed by atoms with Crippen molar-refractivity contribution >= 4 is 6.03 Å². The second-order valence-corrected chi connectivity index (χ2v) is 7.56. The van der Waals surface area contributed by atoms with Crippen LogP contribution in [0.1, 0.15) is 24.5 Å². The Morgan fingerprint density at radius 3 is 2.53 bits per heavy atom. The summed E-state index contributed by atoms with van der Waals surface area (Å²) in [6.07, 6.45) is -3.36. The number of carbonyl (C=O) groups excluding carboxylic acids is 1. The van der Waals surface area contributed by atoms with Gasteiger partial charge in [0.05, 0.1) is 5.69 Å². The summed E-state index contributed by atoms with van der Waals surface area (Å²) in [6.45, 7) is 0.933. The molecule has 1 aliphatic heterocycles. The first kappa shape index (κ1) is 21.9. The maximum absolute atomic E-state index is 13.5. The van der Waals surface area contributed by atoms with Crippen LogP contribution in [0, 0.1) is 5.82 Å². The molecule has 1 aromatic heterocycles. The van der Waals surface area contributed by atoms with Crippen molar-refractivity contribution in [1.82, 2.24) is 9.88 Å². The lowest BCUT2D eigenvalue weighted by atomic mass is 9.96. The van der Waals surface area contributed by atoms with Crippen LogP contribution in [0.5, 0.6) is 5.75 Å². The summed E-state index contributed by atoms with van der Waals surface area (Å²) in [6, 6.07) is 12.7. The lowest BCUT2D eigenvalue weighted by Crippen LogP contribution is -2.39. The van der Waals surface area contributed by atoms with E-state index < -0.39 is 17.9 Å². The van der Waals surface area contributed by atoms with Gasteiger partial charge in [-0.15, -0.1) is 13.2 Å². The molecule has 3 N–H and O–H groups in total. The van der Waals surface area contributed by atoms with Gasteiger partial charge in [0.25, 0.3) is 0 Å². The number of aromatic nitrogens is 1. The van der Waals surface area contributed by atoms with E-state index in [2.05, 4.69) is 10.1 Å². The average Bonchev–Trinajstić information content (AvgIpc) is 3.14. The zero-order valence-electron chi connectivity index (χ0n) is 17.0. The number of hydrogen-bond donors (Lipinski definition) is 2. The minimum Gasteiger partial charge on any atom is -0.406 e. The number of nitrogens with zero attached hydrogens (tertiary/aromatic N) is 1. The molecule has 0 radical (unpaired) electrons. The van der Waals surface area contributed by atoms with Crippen molar-refractivity contribution in [3.63, 3.8) is 0 Å². The highest BCUT2D eigenvalue weighted by Gasteiger charge is 2.33. The zero-order chi connectivity index (χ0) is 22.9. The topological polar surface area (TPSA) is 69.3 Å². The lowest BCUT2D eigenvalue weighted by Gasteiger charge is -2.26. The molecule has 5 nitrogen and oxygen atoms in total. The third-order valence-corrected chi connectivity index (χ3v) is 5.40. The maximum Gasteiger partial charge on any atom is 0.573 e. The van der Waals surface area contributed by atoms with Gasteiger partial charge in [0, 0.05) is 29.3 Å². The Morgan fingerprint density at radius 2 is 1.84 bits per heavy atom. The van der Waals surface area contributed by atoms with Crippen LogP contribution in [0.15, 0.2) is 54.6 Å². The van der Waals surface area contributed by atoms with Crippen LogP contribution in [0.4, 0.5) is 22.4 Å². The molecule has 0 saturated carbocycles. The number of halogens is 4. The minimum atomic E-state index is -4.85.